The summed E-state index contributed by atoms with van der Waals surface area (Å²) in [6, 6.07) is 0. The van der Waals surface area contributed by atoms with E-state index in [0.29, 0.717) is 43.9 Å². The van der Waals surface area contributed by atoms with Gasteiger partial charge in [0, 0.05) is 25.7 Å². The molecule has 0 bridgehead atoms. The molecule has 119 heavy (non-hydrogen) atoms. The molecule has 0 spiro atoms. The van der Waals surface area contributed by atoms with Crippen LogP contribution in [0.1, 0.15) is 414 Å². The van der Waals surface area contributed by atoms with Gasteiger partial charge in [-0.1, -0.05) is 349 Å². The van der Waals surface area contributed by atoms with Gasteiger partial charge in [-0.3, -0.25) is 28.2 Å². The number of aliphatic hydroxyl groups excluding tert-OH is 9. The number of allylic oxidation sites excluding steroid dienone is 2. The van der Waals surface area contributed by atoms with Crippen LogP contribution in [0.5, 0.6) is 0 Å². The van der Waals surface area contributed by atoms with Crippen molar-refractivity contribution >= 4 is 31.7 Å². The van der Waals surface area contributed by atoms with Crippen molar-refractivity contribution in [2.75, 3.05) is 26.4 Å². The number of carbonyl (C=O) groups is 4. The van der Waals surface area contributed by atoms with Crippen molar-refractivity contribution in [1.29, 1.82) is 0 Å². The Morgan fingerprint density at radius 3 is 1.09 bits per heavy atom. The van der Waals surface area contributed by atoms with Gasteiger partial charge < -0.3 is 88.7 Å². The topological polar surface area (TPSA) is 380 Å². The highest BCUT2D eigenvalue weighted by Gasteiger charge is 2.60. The Balaban J connectivity index is 1.92. The maximum atomic E-state index is 14.9. The molecule has 1 aliphatic carbocycles. The zero-order chi connectivity index (χ0) is 87.1. The van der Waals surface area contributed by atoms with Gasteiger partial charge in [-0.2, -0.15) is 0 Å². The van der Waals surface area contributed by atoms with Crippen LogP contribution >= 0.6 is 7.82 Å². The standard InChI is InChI=1S/C93H173O25P/c1-7-11-15-19-23-25-27-29-30-32-34-36-38-49-58-66-79(98)115-88-84(103)85(104)89(116-92-86(105)82(101)80(99)74(67-94)113-92)91(90(88)117-93-87(106)83(102)81(100)75(114-93)70-110-77(96)64-56-48-41-39-45-53-61-71(5)59-51-43-21-17-13-9-3)118-119(107,108)111-69-73(68-109-76(95)63-55-47-37-35-33-31-28-26-24-20-16-12-8-2)112-78(97)65-57-50-42-40-46-54-62-72(6)60-52-44-22-18-14-10-4/h25,27,71-75,80-94,99-106H,7-24,26,28-70H2,1-6H3,(H,107,108)/b27-25-. The Bertz CT molecular complexity index is 2550. The normalized spacial score (nSPS) is 25.4. The molecule has 2 heterocycles. The number of esters is 4. The van der Waals surface area contributed by atoms with E-state index in [2.05, 4.69) is 53.7 Å². The van der Waals surface area contributed by atoms with Gasteiger partial charge in [-0.05, 0) is 63.2 Å². The number of aliphatic hydroxyl groups is 9. The quantitative estimate of drug-likeness (QED) is 0.00889. The summed E-state index contributed by atoms with van der Waals surface area (Å²) in [5.41, 5.74) is 0. The van der Waals surface area contributed by atoms with Crippen molar-refractivity contribution in [1.82, 2.24) is 0 Å². The molecule has 0 aromatic rings. The van der Waals surface area contributed by atoms with E-state index >= 15 is 0 Å². The molecule has 700 valence electrons. The Labute approximate surface area is 718 Å². The monoisotopic (exact) mass is 1720 g/mol. The Hall–Kier alpha value is -2.79. The fraction of sp³-hybridized carbons (Fsp3) is 0.935. The molecule has 0 aromatic heterocycles. The molecule has 0 radical (unpaired) electrons. The first-order valence-electron chi connectivity index (χ1n) is 48.2. The summed E-state index contributed by atoms with van der Waals surface area (Å²) in [5, 5.41) is 102. The summed E-state index contributed by atoms with van der Waals surface area (Å²) in [7, 11) is -5.81. The SMILES string of the molecule is CCCCCC/C=C\CCCCCCCCCC(=O)OC1C(O)C(O)C(OC2OC(CO)C(O)C(O)C2O)C(OP(=O)(O)OCC(COC(=O)CCCCCCCCCCCCCCC)OC(=O)CCCCCCCCC(C)CCCCCCCC)C1OC1OC(COC(=O)CCCCCCCCC(C)CCCCCCCC)C(O)C(O)C1O. The molecule has 20 unspecified atom stereocenters. The lowest BCUT2D eigenvalue weighted by Crippen LogP contribution is -2.70. The lowest BCUT2D eigenvalue weighted by Gasteiger charge is -2.50. The van der Waals surface area contributed by atoms with E-state index in [0.717, 1.165) is 141 Å². The maximum Gasteiger partial charge on any atom is 0.472 e. The zero-order valence-corrected chi connectivity index (χ0v) is 75.9. The van der Waals surface area contributed by atoms with Crippen molar-refractivity contribution < 1.29 is 122 Å². The number of ether oxygens (including phenoxy) is 8. The average Bonchev–Trinajstić information content (AvgIpc) is 0.754. The molecule has 25 nitrogen and oxygen atoms in total. The number of carbonyl (C=O) groups excluding carboxylic acids is 4. The molecule has 3 rings (SSSR count). The molecular weight excluding hydrogens is 1550 g/mol. The molecule has 3 aliphatic rings. The zero-order valence-electron chi connectivity index (χ0n) is 75.0. The van der Waals surface area contributed by atoms with Crippen LogP contribution in [-0.4, -0.2) is 205 Å². The van der Waals surface area contributed by atoms with Crippen LogP contribution in [0.3, 0.4) is 0 Å². The van der Waals surface area contributed by atoms with E-state index in [4.69, 9.17) is 46.9 Å². The fourth-order valence-electron chi connectivity index (χ4n) is 16.2. The van der Waals surface area contributed by atoms with E-state index in [9.17, 15) is 74.6 Å². The first-order chi connectivity index (χ1) is 57.5. The van der Waals surface area contributed by atoms with Gasteiger partial charge in [-0.25, -0.2) is 4.57 Å². The molecule has 2 aliphatic heterocycles. The summed E-state index contributed by atoms with van der Waals surface area (Å²) >= 11 is 0. The van der Waals surface area contributed by atoms with E-state index in [1.807, 2.05) is 0 Å². The van der Waals surface area contributed by atoms with Crippen LogP contribution in [0, 0.1) is 11.8 Å². The fourth-order valence-corrected chi connectivity index (χ4v) is 17.2. The number of unbranched alkanes of at least 4 members (excludes halogenated alkanes) is 43. The molecule has 20 atom stereocenters. The highest BCUT2D eigenvalue weighted by Crippen LogP contribution is 2.49. The first-order valence-corrected chi connectivity index (χ1v) is 49.7. The molecule has 10 N–H and O–H groups in total. The van der Waals surface area contributed by atoms with E-state index in [1.165, 1.54) is 173 Å². The minimum absolute atomic E-state index is 0.0150. The Morgan fingerprint density at radius 1 is 0.353 bits per heavy atom. The van der Waals surface area contributed by atoms with E-state index in [1.54, 1.807) is 0 Å². The average molecular weight is 1720 g/mol. The summed E-state index contributed by atoms with van der Waals surface area (Å²) in [4.78, 5) is 66.6. The van der Waals surface area contributed by atoms with Crippen LogP contribution in [0.4, 0.5) is 0 Å². The molecule has 1 saturated carbocycles. The van der Waals surface area contributed by atoms with Gasteiger partial charge in [0.2, 0.25) is 0 Å². The van der Waals surface area contributed by atoms with Crippen LogP contribution < -0.4 is 0 Å². The van der Waals surface area contributed by atoms with Gasteiger partial charge in [0.1, 0.15) is 92.6 Å². The van der Waals surface area contributed by atoms with E-state index in [-0.39, 0.29) is 25.7 Å². The molecular formula is C93H173O25P. The van der Waals surface area contributed by atoms with Crippen molar-refractivity contribution in [2.24, 2.45) is 11.8 Å². The van der Waals surface area contributed by atoms with Gasteiger partial charge >= 0.3 is 31.7 Å². The molecule has 26 heteroatoms. The Kier molecular flexibility index (Phi) is 65.2. The van der Waals surface area contributed by atoms with Crippen molar-refractivity contribution in [2.45, 2.75) is 518 Å². The largest absolute Gasteiger partial charge is 0.472 e. The van der Waals surface area contributed by atoms with Crippen LogP contribution in [0.15, 0.2) is 12.2 Å². The summed E-state index contributed by atoms with van der Waals surface area (Å²) in [6.45, 7) is 10.3. The number of rotatable bonds is 77. The predicted octanol–water partition coefficient (Wildman–Crippen LogP) is 18.0. The highest BCUT2D eigenvalue weighted by molar-refractivity contribution is 7.47. The number of phosphoric acid groups is 1. The highest BCUT2D eigenvalue weighted by atomic mass is 31.2. The number of hydrogen-bond acceptors (Lipinski definition) is 24. The molecule has 3 fully saturated rings. The number of phosphoric ester groups is 1. The number of hydrogen-bond donors (Lipinski definition) is 10. The second-order valence-electron chi connectivity index (χ2n) is 35.1. The maximum absolute atomic E-state index is 14.9. The summed E-state index contributed by atoms with van der Waals surface area (Å²) in [6.07, 6.45) is 26.3. The minimum Gasteiger partial charge on any atom is -0.463 e. The predicted molar refractivity (Wildman–Crippen MR) is 462 cm³/mol. The Morgan fingerprint density at radius 2 is 0.681 bits per heavy atom. The van der Waals surface area contributed by atoms with Gasteiger partial charge in [-0.15, -0.1) is 0 Å². The second kappa shape index (κ2) is 70.3. The van der Waals surface area contributed by atoms with Crippen molar-refractivity contribution in [3.05, 3.63) is 12.2 Å². The van der Waals surface area contributed by atoms with Crippen LogP contribution in [0.25, 0.3) is 0 Å². The summed E-state index contributed by atoms with van der Waals surface area (Å²) in [5.74, 6) is -1.60. The van der Waals surface area contributed by atoms with Crippen molar-refractivity contribution in [3.8, 4) is 0 Å². The third-order valence-corrected chi connectivity index (χ3v) is 25.0. The molecule has 0 amide bonds. The lowest BCUT2D eigenvalue weighted by atomic mass is 9.84. The van der Waals surface area contributed by atoms with Gasteiger partial charge in [0.15, 0.2) is 24.8 Å². The summed E-state index contributed by atoms with van der Waals surface area (Å²) < 4.78 is 73.6. The van der Waals surface area contributed by atoms with Crippen LogP contribution in [0.2, 0.25) is 0 Å². The van der Waals surface area contributed by atoms with Crippen molar-refractivity contribution in [3.63, 3.8) is 0 Å². The second-order valence-corrected chi connectivity index (χ2v) is 36.5. The third kappa shape index (κ3) is 51.0. The van der Waals surface area contributed by atoms with Gasteiger partial charge in [0.25, 0.3) is 0 Å². The lowest BCUT2D eigenvalue weighted by molar-refractivity contribution is -0.360. The molecule has 2 saturated heterocycles. The van der Waals surface area contributed by atoms with Gasteiger partial charge in [0.05, 0.1) is 13.2 Å². The molecule has 0 aromatic carbocycles. The third-order valence-electron chi connectivity index (χ3n) is 24.1. The minimum atomic E-state index is -5.81. The van der Waals surface area contributed by atoms with Crippen LogP contribution in [-0.2, 0) is 70.7 Å². The smallest absolute Gasteiger partial charge is 0.463 e. The van der Waals surface area contributed by atoms with E-state index < -0.39 is 162 Å². The first kappa shape index (κ1) is 110.